The van der Waals surface area contributed by atoms with Gasteiger partial charge in [0, 0.05) is 19.5 Å². The Balaban J connectivity index is 1.55. The second-order valence-electron chi connectivity index (χ2n) is 6.60. The van der Waals surface area contributed by atoms with Crippen LogP contribution >= 0.6 is 0 Å². The third kappa shape index (κ3) is 5.46. The molecule has 0 aromatic heterocycles. The molecule has 0 unspecified atom stereocenters. The maximum absolute atomic E-state index is 11.3. The number of nitrogens with one attached hydrogen (secondary N) is 2. The van der Waals surface area contributed by atoms with E-state index in [-0.39, 0.29) is 4.90 Å². The standard InChI is InChI=1S/C20H26N4O3S/c1-2-22-20(24-14-16-3-6-18(7-4-16)28(21,25)26)23-11-9-15-5-8-19-17(13-15)10-12-27-19/h3-8,13H,2,9-12,14H2,1H3,(H2,21,25,26)(H2,22,23,24). The molecule has 2 aromatic rings. The van der Waals surface area contributed by atoms with Gasteiger partial charge in [0.1, 0.15) is 5.75 Å². The maximum atomic E-state index is 11.3. The van der Waals surface area contributed by atoms with Crippen molar-refractivity contribution in [3.63, 3.8) is 0 Å². The molecule has 0 fully saturated rings. The van der Waals surface area contributed by atoms with Crippen molar-refractivity contribution in [3.05, 3.63) is 59.2 Å². The van der Waals surface area contributed by atoms with Gasteiger partial charge < -0.3 is 15.4 Å². The quantitative estimate of drug-likeness (QED) is 0.481. The maximum Gasteiger partial charge on any atom is 0.238 e. The minimum atomic E-state index is -3.67. The lowest BCUT2D eigenvalue weighted by Crippen LogP contribution is -2.38. The summed E-state index contributed by atoms with van der Waals surface area (Å²) >= 11 is 0. The number of hydrogen-bond donors (Lipinski definition) is 3. The number of hydrogen-bond acceptors (Lipinski definition) is 4. The Hall–Kier alpha value is -2.58. The van der Waals surface area contributed by atoms with E-state index in [0.29, 0.717) is 6.54 Å². The summed E-state index contributed by atoms with van der Waals surface area (Å²) in [6.07, 6.45) is 1.87. The Morgan fingerprint density at radius 2 is 1.89 bits per heavy atom. The second kappa shape index (κ2) is 9.07. The molecule has 1 aliphatic heterocycles. The normalized spacial score (nSPS) is 13.7. The van der Waals surface area contributed by atoms with Crippen LogP contribution in [0, 0.1) is 0 Å². The Morgan fingerprint density at radius 3 is 2.61 bits per heavy atom. The van der Waals surface area contributed by atoms with E-state index in [0.717, 1.165) is 49.8 Å². The molecule has 3 rings (SSSR count). The molecular formula is C20H26N4O3S. The van der Waals surface area contributed by atoms with E-state index in [2.05, 4.69) is 27.8 Å². The van der Waals surface area contributed by atoms with Crippen LogP contribution in [0.4, 0.5) is 0 Å². The highest BCUT2D eigenvalue weighted by atomic mass is 32.2. The number of benzene rings is 2. The number of fused-ring (bicyclic) bond motifs is 1. The smallest absolute Gasteiger partial charge is 0.238 e. The summed E-state index contributed by atoms with van der Waals surface area (Å²) < 4.78 is 28.2. The van der Waals surface area contributed by atoms with Gasteiger partial charge in [-0.3, -0.25) is 0 Å². The summed E-state index contributed by atoms with van der Waals surface area (Å²) in [5.74, 6) is 1.72. The molecule has 0 aliphatic carbocycles. The molecule has 0 saturated carbocycles. The molecule has 0 saturated heterocycles. The molecule has 28 heavy (non-hydrogen) atoms. The summed E-state index contributed by atoms with van der Waals surface area (Å²) in [6, 6.07) is 12.8. The second-order valence-corrected chi connectivity index (χ2v) is 8.16. The Morgan fingerprint density at radius 1 is 1.14 bits per heavy atom. The molecule has 1 heterocycles. The van der Waals surface area contributed by atoms with Crippen LogP contribution in [-0.4, -0.2) is 34.1 Å². The SMILES string of the molecule is CCNC(=NCc1ccc(S(N)(=O)=O)cc1)NCCc1ccc2c(c1)CCO2. The minimum absolute atomic E-state index is 0.102. The molecule has 0 atom stereocenters. The van der Waals surface area contributed by atoms with E-state index in [1.54, 1.807) is 12.1 Å². The van der Waals surface area contributed by atoms with Crippen molar-refractivity contribution in [2.45, 2.75) is 31.2 Å². The Bertz CT molecular complexity index is 940. The van der Waals surface area contributed by atoms with Gasteiger partial charge in [0.05, 0.1) is 18.0 Å². The van der Waals surface area contributed by atoms with Crippen LogP contribution in [-0.2, 0) is 29.4 Å². The van der Waals surface area contributed by atoms with Crippen LogP contribution in [0.15, 0.2) is 52.4 Å². The van der Waals surface area contributed by atoms with E-state index in [9.17, 15) is 8.42 Å². The van der Waals surface area contributed by atoms with E-state index in [4.69, 9.17) is 9.88 Å². The molecule has 1 aliphatic rings. The van der Waals surface area contributed by atoms with E-state index in [1.807, 2.05) is 13.0 Å². The first-order chi connectivity index (χ1) is 13.5. The summed E-state index contributed by atoms with van der Waals surface area (Å²) in [5.41, 5.74) is 3.45. The molecule has 0 spiro atoms. The number of primary sulfonamides is 1. The van der Waals surface area contributed by atoms with Crippen molar-refractivity contribution in [2.24, 2.45) is 10.1 Å². The number of nitrogens with zero attached hydrogens (tertiary/aromatic N) is 1. The molecule has 7 nitrogen and oxygen atoms in total. The highest BCUT2D eigenvalue weighted by molar-refractivity contribution is 7.89. The molecule has 0 radical (unpaired) electrons. The number of aliphatic imine (C=N–C) groups is 1. The third-order valence-electron chi connectivity index (χ3n) is 4.48. The van der Waals surface area contributed by atoms with Crippen LogP contribution in [0.1, 0.15) is 23.6 Å². The summed E-state index contributed by atoms with van der Waals surface area (Å²) in [4.78, 5) is 4.66. The third-order valence-corrected chi connectivity index (χ3v) is 5.41. The molecular weight excluding hydrogens is 376 g/mol. The van der Waals surface area contributed by atoms with Crippen molar-refractivity contribution in [1.29, 1.82) is 0 Å². The summed E-state index contributed by atoms with van der Waals surface area (Å²) in [7, 11) is -3.67. The Kier molecular flexibility index (Phi) is 6.53. The van der Waals surface area contributed by atoms with Gasteiger partial charge in [-0.15, -0.1) is 0 Å². The lowest BCUT2D eigenvalue weighted by molar-refractivity contribution is 0.357. The van der Waals surface area contributed by atoms with Crippen LogP contribution in [0.5, 0.6) is 5.75 Å². The lowest BCUT2D eigenvalue weighted by atomic mass is 10.1. The number of rotatable bonds is 7. The predicted octanol–water partition coefficient (Wildman–Crippen LogP) is 1.57. The van der Waals surface area contributed by atoms with Gasteiger partial charge in [-0.2, -0.15) is 0 Å². The molecule has 8 heteroatoms. The van der Waals surface area contributed by atoms with Gasteiger partial charge >= 0.3 is 0 Å². The van der Waals surface area contributed by atoms with Crippen molar-refractivity contribution in [2.75, 3.05) is 19.7 Å². The number of guanidine groups is 1. The first-order valence-corrected chi connectivity index (χ1v) is 10.9. The van der Waals surface area contributed by atoms with Crippen molar-refractivity contribution in [1.82, 2.24) is 10.6 Å². The first-order valence-electron chi connectivity index (χ1n) is 9.34. The van der Waals surface area contributed by atoms with E-state index in [1.165, 1.54) is 23.3 Å². The highest BCUT2D eigenvalue weighted by Crippen LogP contribution is 2.25. The monoisotopic (exact) mass is 402 g/mol. The fourth-order valence-corrected chi connectivity index (χ4v) is 3.53. The van der Waals surface area contributed by atoms with Crippen LogP contribution in [0.25, 0.3) is 0 Å². The molecule has 2 aromatic carbocycles. The molecule has 150 valence electrons. The van der Waals surface area contributed by atoms with Gasteiger partial charge in [0.15, 0.2) is 5.96 Å². The number of ether oxygens (including phenoxy) is 1. The number of sulfonamides is 1. The van der Waals surface area contributed by atoms with Gasteiger partial charge in [-0.25, -0.2) is 18.5 Å². The van der Waals surface area contributed by atoms with Gasteiger partial charge in [-0.1, -0.05) is 24.3 Å². The zero-order valence-corrected chi connectivity index (χ0v) is 16.8. The fourth-order valence-electron chi connectivity index (χ4n) is 3.02. The number of nitrogens with two attached hydrogens (primary N) is 1. The van der Waals surface area contributed by atoms with Crippen LogP contribution < -0.4 is 20.5 Å². The van der Waals surface area contributed by atoms with Crippen molar-refractivity contribution >= 4 is 16.0 Å². The predicted molar refractivity (Wildman–Crippen MR) is 110 cm³/mol. The Labute approximate surface area is 166 Å². The van der Waals surface area contributed by atoms with E-state index < -0.39 is 10.0 Å². The van der Waals surface area contributed by atoms with Crippen LogP contribution in [0.3, 0.4) is 0 Å². The zero-order valence-electron chi connectivity index (χ0n) is 15.9. The highest BCUT2D eigenvalue weighted by Gasteiger charge is 2.12. The average molecular weight is 403 g/mol. The largest absolute Gasteiger partial charge is 0.493 e. The summed E-state index contributed by atoms with van der Waals surface area (Å²) in [6.45, 7) is 4.74. The van der Waals surface area contributed by atoms with Crippen LogP contribution in [0.2, 0.25) is 0 Å². The van der Waals surface area contributed by atoms with Crippen molar-refractivity contribution in [3.8, 4) is 5.75 Å². The zero-order chi connectivity index (χ0) is 20.0. The van der Waals surface area contributed by atoms with Gasteiger partial charge in [-0.05, 0) is 48.2 Å². The molecule has 4 N–H and O–H groups in total. The fraction of sp³-hybridized carbons (Fsp3) is 0.350. The average Bonchev–Trinajstić information content (AvgIpc) is 3.13. The first kappa shape index (κ1) is 20.2. The van der Waals surface area contributed by atoms with Gasteiger partial charge in [0.2, 0.25) is 10.0 Å². The summed E-state index contributed by atoms with van der Waals surface area (Å²) in [5, 5.41) is 11.7. The van der Waals surface area contributed by atoms with Gasteiger partial charge in [0.25, 0.3) is 0 Å². The molecule has 0 bridgehead atoms. The van der Waals surface area contributed by atoms with Crippen molar-refractivity contribution < 1.29 is 13.2 Å². The molecule has 0 amide bonds. The minimum Gasteiger partial charge on any atom is -0.493 e. The topological polar surface area (TPSA) is 106 Å². The lowest BCUT2D eigenvalue weighted by Gasteiger charge is -2.12. The van der Waals surface area contributed by atoms with E-state index >= 15 is 0 Å².